The highest BCUT2D eigenvalue weighted by atomic mass is 35.5. The summed E-state index contributed by atoms with van der Waals surface area (Å²) in [5.74, 6) is 1.57. The molecule has 1 amide bonds. The Morgan fingerprint density at radius 1 is 1.26 bits per heavy atom. The van der Waals surface area contributed by atoms with Crippen molar-refractivity contribution in [2.45, 2.75) is 84.4 Å². The number of hydrogen-bond acceptors (Lipinski definition) is 3. The topological polar surface area (TPSA) is 64.3 Å². The molecule has 2 aliphatic rings. The van der Waals surface area contributed by atoms with E-state index in [2.05, 4.69) is 19.2 Å². The maximum atomic E-state index is 12.7. The van der Waals surface area contributed by atoms with E-state index in [9.17, 15) is 4.79 Å². The van der Waals surface area contributed by atoms with Crippen LogP contribution in [0.5, 0.6) is 0 Å². The van der Waals surface area contributed by atoms with Gasteiger partial charge in [-0.3, -0.25) is 4.79 Å². The Bertz CT molecular complexity index is 406. The third kappa shape index (κ3) is 3.85. The number of nitrogens with two attached hydrogens (primary N) is 1. The molecule has 2 fully saturated rings. The van der Waals surface area contributed by atoms with E-state index in [0.717, 1.165) is 24.7 Å². The van der Waals surface area contributed by atoms with Crippen molar-refractivity contribution in [1.82, 2.24) is 5.32 Å². The van der Waals surface area contributed by atoms with Gasteiger partial charge >= 0.3 is 0 Å². The van der Waals surface area contributed by atoms with Crippen LogP contribution in [-0.2, 0) is 9.53 Å². The first-order valence-corrected chi connectivity index (χ1v) is 8.93. The van der Waals surface area contributed by atoms with Crippen LogP contribution >= 0.6 is 12.4 Å². The molecule has 0 bridgehead atoms. The summed E-state index contributed by atoms with van der Waals surface area (Å²) in [6.07, 6.45) is 5.31. The standard InChI is InChI=1S/C18H34N2O2.ClH/c1-6-22-15-11-18(19,17(15,4)5)16(21)20-14-9-7-13(8-10-14)12(2)3;/h12-15H,6-11,19H2,1-5H3,(H,20,21);1H. The lowest BCUT2D eigenvalue weighted by Crippen LogP contribution is -2.76. The van der Waals surface area contributed by atoms with Crippen LogP contribution in [0.15, 0.2) is 0 Å². The van der Waals surface area contributed by atoms with Crippen LogP contribution in [0.25, 0.3) is 0 Å². The zero-order valence-corrected chi connectivity index (χ0v) is 16.2. The molecule has 3 N–H and O–H groups in total. The van der Waals surface area contributed by atoms with Crippen LogP contribution in [0, 0.1) is 17.3 Å². The summed E-state index contributed by atoms with van der Waals surface area (Å²) in [7, 11) is 0. The zero-order valence-electron chi connectivity index (χ0n) is 15.4. The third-order valence-electron chi connectivity index (χ3n) is 6.29. The number of hydrogen-bond donors (Lipinski definition) is 2. The van der Waals surface area contributed by atoms with Gasteiger partial charge in [0.1, 0.15) is 5.54 Å². The number of halogens is 1. The summed E-state index contributed by atoms with van der Waals surface area (Å²) >= 11 is 0. The molecule has 0 radical (unpaired) electrons. The highest BCUT2D eigenvalue weighted by Gasteiger charge is 2.63. The molecule has 0 aromatic carbocycles. The van der Waals surface area contributed by atoms with Crippen molar-refractivity contribution in [2.24, 2.45) is 23.0 Å². The summed E-state index contributed by atoms with van der Waals surface area (Å²) in [6.45, 7) is 11.3. The molecule has 2 atom stereocenters. The first-order chi connectivity index (χ1) is 10.2. The minimum atomic E-state index is -0.790. The van der Waals surface area contributed by atoms with E-state index < -0.39 is 5.54 Å². The van der Waals surface area contributed by atoms with Crippen molar-refractivity contribution >= 4 is 18.3 Å². The maximum Gasteiger partial charge on any atom is 0.241 e. The number of ether oxygens (including phenoxy) is 1. The van der Waals surface area contributed by atoms with Gasteiger partial charge < -0.3 is 15.8 Å². The summed E-state index contributed by atoms with van der Waals surface area (Å²) in [6, 6.07) is 0.296. The Labute approximate surface area is 147 Å². The van der Waals surface area contributed by atoms with Crippen LogP contribution in [0.1, 0.15) is 66.7 Å². The van der Waals surface area contributed by atoms with Gasteiger partial charge in [0.15, 0.2) is 0 Å². The molecule has 0 aromatic heterocycles. The molecular formula is C18H35ClN2O2. The summed E-state index contributed by atoms with van der Waals surface area (Å²) in [4.78, 5) is 12.7. The first-order valence-electron chi connectivity index (χ1n) is 8.93. The quantitative estimate of drug-likeness (QED) is 0.803. The number of amides is 1. The van der Waals surface area contributed by atoms with Crippen LogP contribution < -0.4 is 11.1 Å². The van der Waals surface area contributed by atoms with Crippen molar-refractivity contribution < 1.29 is 9.53 Å². The average Bonchev–Trinajstić information content (AvgIpc) is 2.47. The summed E-state index contributed by atoms with van der Waals surface area (Å²) in [5, 5.41) is 3.22. The van der Waals surface area contributed by atoms with Gasteiger partial charge in [-0.2, -0.15) is 0 Å². The van der Waals surface area contributed by atoms with Gasteiger partial charge in [0.25, 0.3) is 0 Å². The average molecular weight is 347 g/mol. The maximum absolute atomic E-state index is 12.7. The van der Waals surface area contributed by atoms with Crippen LogP contribution in [0.3, 0.4) is 0 Å². The van der Waals surface area contributed by atoms with Crippen LogP contribution in [-0.4, -0.2) is 30.2 Å². The van der Waals surface area contributed by atoms with Gasteiger partial charge in [0.2, 0.25) is 5.91 Å². The van der Waals surface area contributed by atoms with Crippen molar-refractivity contribution in [2.75, 3.05) is 6.61 Å². The second-order valence-electron chi connectivity index (χ2n) is 8.17. The predicted octanol–water partition coefficient (Wildman–Crippen LogP) is 3.27. The molecule has 23 heavy (non-hydrogen) atoms. The van der Waals surface area contributed by atoms with Gasteiger partial charge in [-0.25, -0.2) is 0 Å². The normalized spacial score (nSPS) is 36.0. The smallest absolute Gasteiger partial charge is 0.241 e. The van der Waals surface area contributed by atoms with E-state index in [4.69, 9.17) is 10.5 Å². The Hall–Kier alpha value is -0.320. The third-order valence-corrected chi connectivity index (χ3v) is 6.29. The van der Waals surface area contributed by atoms with Crippen LogP contribution in [0.4, 0.5) is 0 Å². The molecule has 0 aromatic rings. The van der Waals surface area contributed by atoms with Crippen molar-refractivity contribution in [3.8, 4) is 0 Å². The molecule has 0 spiro atoms. The molecule has 4 nitrogen and oxygen atoms in total. The minimum absolute atomic E-state index is 0. The second kappa shape index (κ2) is 7.71. The van der Waals surface area contributed by atoms with Crippen LogP contribution in [0.2, 0.25) is 0 Å². The molecule has 2 aliphatic carbocycles. The SMILES string of the molecule is CCOC1CC(N)(C(=O)NC2CCC(C(C)C)CC2)C1(C)C.Cl. The van der Waals surface area contributed by atoms with E-state index in [-0.39, 0.29) is 29.8 Å². The highest BCUT2D eigenvalue weighted by Crippen LogP contribution is 2.50. The molecule has 2 saturated carbocycles. The van der Waals surface area contributed by atoms with Crippen molar-refractivity contribution in [3.05, 3.63) is 0 Å². The molecule has 0 heterocycles. The Kier molecular flexibility index (Phi) is 6.95. The van der Waals surface area contributed by atoms with Gasteiger partial charge in [0.05, 0.1) is 6.10 Å². The monoisotopic (exact) mass is 346 g/mol. The number of rotatable bonds is 5. The molecular weight excluding hydrogens is 312 g/mol. The Balaban J connectivity index is 0.00000264. The van der Waals surface area contributed by atoms with Gasteiger partial charge in [-0.15, -0.1) is 12.4 Å². The van der Waals surface area contributed by atoms with Crippen molar-refractivity contribution in [1.29, 1.82) is 0 Å². The molecule has 136 valence electrons. The zero-order chi connectivity index (χ0) is 16.5. The molecule has 0 saturated heterocycles. The number of carbonyl (C=O) groups excluding carboxylic acids is 1. The molecule has 5 heteroatoms. The van der Waals surface area contributed by atoms with Gasteiger partial charge in [0, 0.05) is 24.5 Å². The first kappa shape index (κ1) is 20.7. The van der Waals surface area contributed by atoms with E-state index in [1.807, 2.05) is 20.8 Å². The predicted molar refractivity (Wildman–Crippen MR) is 96.7 cm³/mol. The van der Waals surface area contributed by atoms with Gasteiger partial charge in [-0.1, -0.05) is 27.7 Å². The fourth-order valence-electron chi connectivity index (χ4n) is 4.06. The summed E-state index contributed by atoms with van der Waals surface area (Å²) < 4.78 is 5.71. The summed E-state index contributed by atoms with van der Waals surface area (Å²) in [5.41, 5.74) is 5.35. The lowest BCUT2D eigenvalue weighted by atomic mass is 9.54. The Morgan fingerprint density at radius 2 is 1.83 bits per heavy atom. The van der Waals surface area contributed by atoms with E-state index in [0.29, 0.717) is 19.1 Å². The molecule has 0 aliphatic heterocycles. The van der Waals surface area contributed by atoms with E-state index >= 15 is 0 Å². The second-order valence-corrected chi connectivity index (χ2v) is 8.17. The van der Waals surface area contributed by atoms with Crippen molar-refractivity contribution in [3.63, 3.8) is 0 Å². The van der Waals surface area contributed by atoms with E-state index in [1.54, 1.807) is 0 Å². The molecule has 2 unspecified atom stereocenters. The van der Waals surface area contributed by atoms with E-state index in [1.165, 1.54) is 12.8 Å². The fourth-order valence-corrected chi connectivity index (χ4v) is 4.06. The lowest BCUT2D eigenvalue weighted by Gasteiger charge is -2.57. The minimum Gasteiger partial charge on any atom is -0.378 e. The largest absolute Gasteiger partial charge is 0.378 e. The Morgan fingerprint density at radius 3 is 2.26 bits per heavy atom. The van der Waals surface area contributed by atoms with Gasteiger partial charge in [-0.05, 0) is 44.4 Å². The number of carbonyl (C=O) groups is 1. The number of nitrogens with one attached hydrogen (secondary N) is 1. The fraction of sp³-hybridized carbons (Fsp3) is 0.944. The lowest BCUT2D eigenvalue weighted by molar-refractivity contribution is -0.171. The molecule has 2 rings (SSSR count). The highest BCUT2D eigenvalue weighted by molar-refractivity contribution is 5.89.